The minimum Gasteiger partial charge on any atom is -0.311 e. The van der Waals surface area contributed by atoms with Crippen molar-refractivity contribution in [2.24, 2.45) is 0 Å². The van der Waals surface area contributed by atoms with Gasteiger partial charge in [0.15, 0.2) is 16.1 Å². The third-order valence-electron chi connectivity index (χ3n) is 22.9. The Labute approximate surface area is 633 Å². The fraction of sp³-hybridized carbons (Fsp3) is 0. The molecular weight excluding hydrogens is 1330 g/mol. The Morgan fingerprint density at radius 2 is 0.481 bits per heavy atom. The Morgan fingerprint density at radius 3 is 0.824 bits per heavy atom. The Balaban J connectivity index is 0.931. The van der Waals surface area contributed by atoms with Gasteiger partial charge < -0.3 is 14.4 Å². The van der Waals surface area contributed by atoms with E-state index in [0.717, 1.165) is 62.0 Å². The summed E-state index contributed by atoms with van der Waals surface area (Å²) in [6.45, 7) is -0.281. The lowest BCUT2D eigenvalue weighted by Gasteiger charge is -2.45. The van der Waals surface area contributed by atoms with E-state index in [-0.39, 0.29) is 6.71 Å². The van der Waals surface area contributed by atoms with Crippen LogP contribution in [0.3, 0.4) is 0 Å². The summed E-state index contributed by atoms with van der Waals surface area (Å²) in [5.74, 6) is 0. The zero-order chi connectivity index (χ0) is 71.5. The zero-order valence-corrected chi connectivity index (χ0v) is 61.5. The van der Waals surface area contributed by atoms with Crippen LogP contribution in [0.5, 0.6) is 0 Å². The summed E-state index contributed by atoms with van der Waals surface area (Å²) in [5, 5.41) is 12.9. The number of para-hydroxylation sites is 2. The predicted molar refractivity (Wildman–Crippen MR) is 464 cm³/mol. The van der Waals surface area contributed by atoms with Crippen LogP contribution in [0.15, 0.2) is 437 Å². The van der Waals surface area contributed by atoms with Crippen LogP contribution < -0.4 is 67.7 Å². The highest BCUT2D eigenvalue weighted by Gasteiger charge is 2.48. The minimum absolute atomic E-state index is 0.281. The predicted octanol–water partition coefficient (Wildman–Crippen LogP) is 18.3. The van der Waals surface area contributed by atoms with E-state index < -0.39 is 16.1 Å². The molecule has 0 amide bonds. The van der Waals surface area contributed by atoms with Gasteiger partial charge in [-0.3, -0.25) is 0 Å². The zero-order valence-electron chi connectivity index (χ0n) is 59.5. The molecule has 18 aromatic rings. The van der Waals surface area contributed by atoms with Crippen LogP contribution >= 0.6 is 0 Å². The molecule has 506 valence electrons. The van der Waals surface area contributed by atoms with Crippen molar-refractivity contribution in [3.05, 3.63) is 437 Å². The van der Waals surface area contributed by atoms with Gasteiger partial charge in [-0.05, 0) is 163 Å². The van der Waals surface area contributed by atoms with E-state index >= 15 is 0 Å². The van der Waals surface area contributed by atoms with Crippen LogP contribution in [-0.4, -0.2) is 27.4 Å². The number of fused-ring (bicyclic) bond motifs is 7. The second-order valence-corrected chi connectivity index (χ2v) is 36.2. The minimum atomic E-state index is -3.11. The summed E-state index contributed by atoms with van der Waals surface area (Å²) < 4.78 is 2.54. The Kier molecular flexibility index (Phi) is 16.0. The van der Waals surface area contributed by atoms with E-state index in [1.807, 2.05) is 0 Å². The van der Waals surface area contributed by atoms with Gasteiger partial charge >= 0.3 is 0 Å². The van der Waals surface area contributed by atoms with E-state index in [1.54, 1.807) is 0 Å². The van der Waals surface area contributed by atoms with Crippen molar-refractivity contribution in [2.45, 2.75) is 0 Å². The Bertz CT molecular complexity index is 5800. The maximum Gasteiger partial charge on any atom is 0.252 e. The van der Waals surface area contributed by atoms with Crippen molar-refractivity contribution in [1.29, 1.82) is 0 Å². The lowest BCUT2D eigenvalue weighted by molar-refractivity contribution is 1.16. The van der Waals surface area contributed by atoms with Gasteiger partial charge in [0.1, 0.15) is 0 Å². The average Bonchev–Trinajstić information content (AvgIpc) is 0.847. The van der Waals surface area contributed by atoms with Crippen LogP contribution in [0, 0.1) is 0 Å². The summed E-state index contributed by atoms with van der Waals surface area (Å²) >= 11 is 0. The molecule has 0 unspecified atom stereocenters. The number of hydrogen-bond donors (Lipinski definition) is 0. The number of nitrogens with zero attached hydrogens (tertiary/aromatic N) is 3. The molecule has 0 fully saturated rings. The average molecular weight is 1410 g/mol. The molecule has 0 radical (unpaired) electrons. The third kappa shape index (κ3) is 10.5. The summed E-state index contributed by atoms with van der Waals surface area (Å²) in [7, 11) is -6.21. The van der Waals surface area contributed by atoms with Gasteiger partial charge in [0, 0.05) is 44.9 Å². The SMILES string of the molecule is c1ccc(-c2ccccc2-c2ccc3c(c2)B2c4cc(-c5ccccc5-c5ccccc5)ccc4N(c4cccc([Si](c5ccccc5)(c5ccccc5)c5ccccc5)c4)c4cc(-n5c6ccccc6c6ccccc65)cc(c42)N3c2cccc([Si](c3ccccc3)(c3ccccc3)c3ccccc3)c2)cc1. The molecule has 17 aromatic carbocycles. The van der Waals surface area contributed by atoms with Crippen molar-refractivity contribution in [3.8, 4) is 50.2 Å². The van der Waals surface area contributed by atoms with Crippen molar-refractivity contribution < 1.29 is 0 Å². The molecular formula is C102H72BN3Si2. The van der Waals surface area contributed by atoms with Crippen molar-refractivity contribution in [1.82, 2.24) is 4.57 Å². The number of aromatic nitrogens is 1. The standard InChI is InChI=1S/C102H72BN3Si2/c1-9-35-73(36-10-1)88-55-25-27-57-90(88)75-63-65-98-94(67-75)103-95-68-76(91-58-28-26-56-89(91)74-37-11-2-12-38-74)64-66-99(95)105(78-40-34-54-87(70-78)108(83-47-19-6-20-48-83,84-49-21-7-22-50-84)85-51-23-8-24-52-85)101-72-79(106-96-61-31-29-59-92(96)93-60-30-32-62-97(93)106)71-100(102(101)103)104(98)77-39-33-53-86(69-77)107(80-41-13-3-14-42-80,81-43-15-4-16-44-81)82-45-17-5-18-46-82/h1-72H. The molecule has 0 N–H and O–H groups in total. The molecule has 0 atom stereocenters. The second kappa shape index (κ2) is 27.0. The van der Waals surface area contributed by atoms with E-state index in [1.165, 1.54) is 102 Å². The molecule has 0 bridgehead atoms. The van der Waals surface area contributed by atoms with E-state index in [0.29, 0.717) is 0 Å². The maximum atomic E-state index is 2.66. The molecule has 108 heavy (non-hydrogen) atoms. The van der Waals surface area contributed by atoms with E-state index in [2.05, 4.69) is 451 Å². The molecule has 0 aliphatic carbocycles. The quantitative estimate of drug-likeness (QED) is 0.0749. The van der Waals surface area contributed by atoms with Gasteiger partial charge in [-0.1, -0.05) is 376 Å². The molecule has 0 saturated heterocycles. The van der Waals surface area contributed by atoms with Gasteiger partial charge in [0.05, 0.1) is 16.7 Å². The monoisotopic (exact) mass is 1410 g/mol. The first-order valence-electron chi connectivity index (χ1n) is 37.5. The first-order valence-corrected chi connectivity index (χ1v) is 41.5. The highest BCUT2D eigenvalue weighted by molar-refractivity contribution is 7.20. The van der Waals surface area contributed by atoms with E-state index in [4.69, 9.17) is 0 Å². The molecule has 0 saturated carbocycles. The van der Waals surface area contributed by atoms with Crippen LogP contribution in [-0.2, 0) is 0 Å². The summed E-state index contributed by atoms with van der Waals surface area (Å²) in [6.07, 6.45) is 0. The van der Waals surface area contributed by atoms with Gasteiger partial charge in [-0.15, -0.1) is 0 Å². The highest BCUT2D eigenvalue weighted by Crippen LogP contribution is 2.48. The highest BCUT2D eigenvalue weighted by atomic mass is 28.3. The lowest BCUT2D eigenvalue weighted by Crippen LogP contribution is -2.74. The largest absolute Gasteiger partial charge is 0.311 e. The molecule has 3 nitrogen and oxygen atoms in total. The first-order chi connectivity index (χ1) is 53.6. The van der Waals surface area contributed by atoms with Gasteiger partial charge in [0.2, 0.25) is 0 Å². The number of benzene rings is 17. The normalized spacial score (nSPS) is 12.4. The Hall–Kier alpha value is -13.4. The fourth-order valence-corrected chi connectivity index (χ4v) is 27.9. The molecule has 20 rings (SSSR count). The molecule has 6 heteroatoms. The first kappa shape index (κ1) is 64.3. The van der Waals surface area contributed by atoms with Gasteiger partial charge in [-0.2, -0.15) is 0 Å². The molecule has 0 spiro atoms. The maximum absolute atomic E-state index is 3.11. The van der Waals surface area contributed by atoms with Crippen LogP contribution in [0.1, 0.15) is 0 Å². The number of hydrogen-bond acceptors (Lipinski definition) is 2. The summed E-state index contributed by atoms with van der Waals surface area (Å²) in [4.78, 5) is 5.32. The molecule has 2 aliphatic rings. The van der Waals surface area contributed by atoms with Crippen LogP contribution in [0.2, 0.25) is 0 Å². The van der Waals surface area contributed by atoms with Crippen molar-refractivity contribution in [2.75, 3.05) is 9.80 Å². The summed E-state index contributed by atoms with van der Waals surface area (Å²) in [6, 6.07) is 165. The van der Waals surface area contributed by atoms with Gasteiger partial charge in [0.25, 0.3) is 6.71 Å². The lowest BCUT2D eigenvalue weighted by atomic mass is 9.33. The van der Waals surface area contributed by atoms with E-state index in [9.17, 15) is 0 Å². The topological polar surface area (TPSA) is 11.4 Å². The summed E-state index contributed by atoms with van der Waals surface area (Å²) in [5.41, 5.74) is 23.1. The third-order valence-corrected chi connectivity index (χ3v) is 32.4. The fourth-order valence-electron chi connectivity index (χ4n) is 18.3. The molecule has 3 heterocycles. The van der Waals surface area contributed by atoms with Crippen molar-refractivity contribution in [3.63, 3.8) is 0 Å². The number of rotatable bonds is 15. The van der Waals surface area contributed by atoms with Gasteiger partial charge in [-0.25, -0.2) is 0 Å². The van der Waals surface area contributed by atoms with Crippen LogP contribution in [0.4, 0.5) is 34.1 Å². The smallest absolute Gasteiger partial charge is 0.252 e. The second-order valence-electron chi connectivity index (χ2n) is 28.5. The molecule has 2 aliphatic heterocycles. The number of anilines is 6. The van der Waals surface area contributed by atoms with Crippen LogP contribution in [0.25, 0.3) is 72.0 Å². The molecule has 1 aromatic heterocycles. The van der Waals surface area contributed by atoms with Crippen molar-refractivity contribution >= 4 is 137 Å². The Morgan fingerprint density at radius 1 is 0.194 bits per heavy atom.